The maximum absolute atomic E-state index is 5.97. The molecule has 0 spiro atoms. The van der Waals surface area contributed by atoms with Crippen LogP contribution in [-0.4, -0.2) is 61.0 Å². The number of pyridine rings is 2. The highest BCUT2D eigenvalue weighted by Gasteiger charge is 2.16. The molecular formula is C32H39ClN4. The van der Waals surface area contributed by atoms with Crippen LogP contribution in [0.2, 0.25) is 5.02 Å². The maximum atomic E-state index is 5.97. The van der Waals surface area contributed by atoms with Gasteiger partial charge in [0.25, 0.3) is 0 Å². The molecule has 0 radical (unpaired) electrons. The summed E-state index contributed by atoms with van der Waals surface area (Å²) in [5.74, 6) is 0.704. The third kappa shape index (κ3) is 9.73. The third-order valence-corrected chi connectivity index (χ3v) is 6.55. The van der Waals surface area contributed by atoms with E-state index >= 15 is 0 Å². The van der Waals surface area contributed by atoms with Crippen molar-refractivity contribution >= 4 is 11.6 Å². The van der Waals surface area contributed by atoms with Crippen LogP contribution in [0.25, 0.3) is 0 Å². The molecule has 2 aromatic carbocycles. The molecule has 2 heterocycles. The van der Waals surface area contributed by atoms with E-state index < -0.39 is 0 Å². The molecule has 194 valence electrons. The van der Waals surface area contributed by atoms with E-state index in [1.807, 2.05) is 42.7 Å². The summed E-state index contributed by atoms with van der Waals surface area (Å²) in [7, 11) is 8.41. The van der Waals surface area contributed by atoms with Gasteiger partial charge in [0.15, 0.2) is 0 Å². The van der Waals surface area contributed by atoms with E-state index in [0.29, 0.717) is 11.8 Å². The normalized spacial score (nSPS) is 12.6. The fourth-order valence-electron chi connectivity index (χ4n) is 4.29. The van der Waals surface area contributed by atoms with Crippen LogP contribution in [0.15, 0.2) is 103 Å². The zero-order valence-electron chi connectivity index (χ0n) is 22.5. The van der Waals surface area contributed by atoms with Gasteiger partial charge in [0, 0.05) is 40.6 Å². The van der Waals surface area contributed by atoms with Crippen molar-refractivity contribution in [2.45, 2.75) is 24.7 Å². The molecule has 0 saturated heterocycles. The van der Waals surface area contributed by atoms with Crippen LogP contribution in [-0.2, 0) is 0 Å². The van der Waals surface area contributed by atoms with E-state index in [4.69, 9.17) is 11.6 Å². The van der Waals surface area contributed by atoms with Gasteiger partial charge in [-0.2, -0.15) is 0 Å². The summed E-state index contributed by atoms with van der Waals surface area (Å²) >= 11 is 5.97. The molecule has 0 bridgehead atoms. The van der Waals surface area contributed by atoms with Crippen LogP contribution in [0.5, 0.6) is 0 Å². The second-order valence-electron chi connectivity index (χ2n) is 9.76. The first-order valence-electron chi connectivity index (χ1n) is 12.9. The molecule has 0 fully saturated rings. The second kappa shape index (κ2) is 15.3. The van der Waals surface area contributed by atoms with Gasteiger partial charge < -0.3 is 9.80 Å². The zero-order valence-corrected chi connectivity index (χ0v) is 23.2. The van der Waals surface area contributed by atoms with Crippen molar-refractivity contribution in [3.8, 4) is 0 Å². The second-order valence-corrected chi connectivity index (χ2v) is 10.2. The molecular weight excluding hydrogens is 476 g/mol. The van der Waals surface area contributed by atoms with E-state index in [9.17, 15) is 0 Å². The Balaban J connectivity index is 0.000000206. The average molecular weight is 515 g/mol. The molecule has 0 aliphatic carbocycles. The minimum atomic E-state index is 0.320. The Morgan fingerprint density at radius 1 is 0.568 bits per heavy atom. The quantitative estimate of drug-likeness (QED) is 0.228. The maximum Gasteiger partial charge on any atom is 0.0478 e. The van der Waals surface area contributed by atoms with E-state index in [-0.39, 0.29) is 0 Å². The molecule has 37 heavy (non-hydrogen) atoms. The Kier molecular flexibility index (Phi) is 11.8. The highest BCUT2D eigenvalue weighted by atomic mass is 35.5. The number of hydrogen-bond donors (Lipinski definition) is 0. The highest BCUT2D eigenvalue weighted by molar-refractivity contribution is 6.30. The molecule has 4 aromatic rings. The number of nitrogens with zero attached hydrogens (tertiary/aromatic N) is 4. The van der Waals surface area contributed by atoms with Crippen molar-refractivity contribution in [3.05, 3.63) is 131 Å². The van der Waals surface area contributed by atoms with E-state index in [1.54, 1.807) is 0 Å². The van der Waals surface area contributed by atoms with Gasteiger partial charge in [-0.1, -0.05) is 66.2 Å². The van der Waals surface area contributed by atoms with Crippen molar-refractivity contribution in [2.75, 3.05) is 41.3 Å². The average Bonchev–Trinajstić information content (AvgIpc) is 2.92. The van der Waals surface area contributed by atoms with Gasteiger partial charge >= 0.3 is 0 Å². The lowest BCUT2D eigenvalue weighted by molar-refractivity contribution is 0.389. The van der Waals surface area contributed by atoms with Gasteiger partial charge in [0.05, 0.1) is 0 Å². The lowest BCUT2D eigenvalue weighted by Gasteiger charge is -2.19. The van der Waals surface area contributed by atoms with Crippen LogP contribution in [0.1, 0.15) is 47.2 Å². The van der Waals surface area contributed by atoms with Gasteiger partial charge in [-0.05, 0) is 102 Å². The zero-order chi connectivity index (χ0) is 26.5. The molecule has 2 aromatic heterocycles. The summed E-state index contributed by atoms with van der Waals surface area (Å²) in [6.45, 7) is 2.10. The van der Waals surface area contributed by atoms with Crippen molar-refractivity contribution in [1.82, 2.24) is 19.8 Å². The first-order valence-corrected chi connectivity index (χ1v) is 13.2. The van der Waals surface area contributed by atoms with Crippen molar-refractivity contribution in [1.29, 1.82) is 0 Å². The SMILES string of the molecule is CN(C)CCC(c1ccc(Cl)cc1)c1ccccn1.CN(C)CCC(c1ccccc1)c1ccccn1. The molecule has 0 amide bonds. The van der Waals surface area contributed by atoms with Gasteiger partial charge in [-0.15, -0.1) is 0 Å². The molecule has 0 N–H and O–H groups in total. The van der Waals surface area contributed by atoms with Gasteiger partial charge in [-0.3, -0.25) is 9.97 Å². The number of halogens is 1. The molecule has 2 atom stereocenters. The number of hydrogen-bond acceptors (Lipinski definition) is 4. The van der Waals surface area contributed by atoms with Crippen molar-refractivity contribution in [3.63, 3.8) is 0 Å². The monoisotopic (exact) mass is 514 g/mol. The fourth-order valence-corrected chi connectivity index (χ4v) is 4.42. The van der Waals surface area contributed by atoms with Crippen molar-refractivity contribution in [2.24, 2.45) is 0 Å². The lowest BCUT2D eigenvalue weighted by atomic mass is 9.92. The number of benzene rings is 2. The van der Waals surface area contributed by atoms with Crippen LogP contribution in [0.3, 0.4) is 0 Å². The molecule has 0 saturated carbocycles. The van der Waals surface area contributed by atoms with E-state index in [2.05, 4.69) is 109 Å². The summed E-state index contributed by atoms with van der Waals surface area (Å²) in [6.07, 6.45) is 5.87. The van der Waals surface area contributed by atoms with Gasteiger partial charge in [0.1, 0.15) is 0 Å². The Bertz CT molecular complexity index is 1090. The van der Waals surface area contributed by atoms with Crippen LogP contribution in [0.4, 0.5) is 0 Å². The third-order valence-electron chi connectivity index (χ3n) is 6.29. The summed E-state index contributed by atoms with van der Waals surface area (Å²) in [5.41, 5.74) is 4.89. The molecule has 4 nitrogen and oxygen atoms in total. The first kappa shape index (κ1) is 28.5. The fraction of sp³-hybridized carbons (Fsp3) is 0.312. The summed E-state index contributed by atoms with van der Waals surface area (Å²) in [6, 6.07) is 31.0. The van der Waals surface area contributed by atoms with E-state index in [0.717, 1.165) is 42.3 Å². The summed E-state index contributed by atoms with van der Waals surface area (Å²) in [5, 5.41) is 0.774. The van der Waals surface area contributed by atoms with Gasteiger partial charge in [0.2, 0.25) is 0 Å². The van der Waals surface area contributed by atoms with Crippen LogP contribution < -0.4 is 0 Å². The van der Waals surface area contributed by atoms with Crippen LogP contribution in [0, 0.1) is 0 Å². The van der Waals surface area contributed by atoms with Gasteiger partial charge in [-0.25, -0.2) is 0 Å². The molecule has 0 aliphatic rings. The summed E-state index contributed by atoms with van der Waals surface area (Å²) < 4.78 is 0. The Morgan fingerprint density at radius 3 is 1.41 bits per heavy atom. The summed E-state index contributed by atoms with van der Waals surface area (Å²) in [4.78, 5) is 13.4. The van der Waals surface area contributed by atoms with Crippen LogP contribution >= 0.6 is 11.6 Å². The Morgan fingerprint density at radius 2 is 1.00 bits per heavy atom. The molecule has 5 heteroatoms. The predicted molar refractivity (Wildman–Crippen MR) is 156 cm³/mol. The minimum Gasteiger partial charge on any atom is -0.309 e. The highest BCUT2D eigenvalue weighted by Crippen LogP contribution is 2.28. The van der Waals surface area contributed by atoms with E-state index in [1.165, 1.54) is 11.1 Å². The molecule has 2 unspecified atom stereocenters. The Labute approximate surface area is 228 Å². The molecule has 0 aliphatic heterocycles. The standard InChI is InChI=1S/C16H19ClN2.C16H20N2/c1-19(2)12-10-15(16-5-3-4-11-18-16)13-6-8-14(17)9-7-13;1-18(2)13-11-15(14-8-4-3-5-9-14)16-10-6-7-12-17-16/h3-9,11,15H,10,12H2,1-2H3;3-10,12,15H,11,13H2,1-2H3. The predicted octanol–water partition coefficient (Wildman–Crippen LogP) is 6.98. The topological polar surface area (TPSA) is 32.3 Å². The first-order chi connectivity index (χ1) is 17.9. The largest absolute Gasteiger partial charge is 0.309 e. The van der Waals surface area contributed by atoms with Crippen molar-refractivity contribution < 1.29 is 0 Å². The smallest absolute Gasteiger partial charge is 0.0478 e. The minimum absolute atomic E-state index is 0.320. The lowest BCUT2D eigenvalue weighted by Crippen LogP contribution is -2.17. The molecule has 4 rings (SSSR count). The Hall–Kier alpha value is -3.05. The number of aromatic nitrogens is 2. The number of rotatable bonds is 10.